The Balaban J connectivity index is 2.85. The zero-order chi connectivity index (χ0) is 12.9. The fraction of sp³-hybridized carbons (Fsp3) is 0. The molecule has 4 nitrogen and oxygen atoms in total. The summed E-state index contributed by atoms with van der Waals surface area (Å²) in [5.74, 6) is 0. The van der Waals surface area contributed by atoms with Crippen molar-refractivity contribution in [2.45, 2.75) is 0 Å². The molecular weight excluding hydrogens is 228 g/mol. The van der Waals surface area contributed by atoms with Crippen molar-refractivity contribution >= 4 is 32.9 Å². The second-order valence-electron chi connectivity index (χ2n) is 4.23. The largest absolute Gasteiger partial charge is 0.398 e. The molecule has 0 saturated carbocycles. The fourth-order valence-electron chi connectivity index (χ4n) is 2.19. The highest BCUT2D eigenvalue weighted by atomic mass is 16.1. The first-order valence-electron chi connectivity index (χ1n) is 5.47. The standard InChI is InChI=1S/C14H10N2O2/c15-10-5-4-9-12(16)11(10)14(18)8-3-1-2-7(6-8)13(9)17/h1-6H,15-16H2. The Bertz CT molecular complexity index is 888. The quantitative estimate of drug-likeness (QED) is 0.578. The summed E-state index contributed by atoms with van der Waals surface area (Å²) in [5, 5.41) is 1.43. The Morgan fingerprint density at radius 3 is 2.22 bits per heavy atom. The van der Waals surface area contributed by atoms with Gasteiger partial charge in [0.2, 0.25) is 0 Å². The van der Waals surface area contributed by atoms with Gasteiger partial charge < -0.3 is 11.5 Å². The van der Waals surface area contributed by atoms with E-state index in [0.29, 0.717) is 21.8 Å². The Morgan fingerprint density at radius 2 is 1.50 bits per heavy atom. The van der Waals surface area contributed by atoms with Crippen LogP contribution < -0.4 is 22.3 Å². The number of nitrogens with two attached hydrogens (primary N) is 2. The van der Waals surface area contributed by atoms with Gasteiger partial charge in [0.05, 0.1) is 11.1 Å². The van der Waals surface area contributed by atoms with E-state index in [-0.39, 0.29) is 21.9 Å². The smallest absolute Gasteiger partial charge is 0.197 e. The minimum absolute atomic E-state index is 0.164. The summed E-state index contributed by atoms with van der Waals surface area (Å²) < 4.78 is 0. The third kappa shape index (κ3) is 1.26. The third-order valence-electron chi connectivity index (χ3n) is 3.14. The molecule has 3 aromatic rings. The van der Waals surface area contributed by atoms with Gasteiger partial charge >= 0.3 is 0 Å². The number of anilines is 2. The van der Waals surface area contributed by atoms with Crippen molar-refractivity contribution in [1.29, 1.82) is 0 Å². The lowest BCUT2D eigenvalue weighted by Gasteiger charge is -2.04. The Labute approximate surface area is 102 Å². The summed E-state index contributed by atoms with van der Waals surface area (Å²) in [6, 6.07) is 9.67. The molecule has 0 atom stereocenters. The van der Waals surface area contributed by atoms with E-state index < -0.39 is 0 Å². The van der Waals surface area contributed by atoms with Crippen LogP contribution in [0.25, 0.3) is 21.5 Å². The predicted octanol–water partition coefficient (Wildman–Crippen LogP) is 1.32. The zero-order valence-electron chi connectivity index (χ0n) is 9.44. The molecule has 0 heterocycles. The van der Waals surface area contributed by atoms with Crippen molar-refractivity contribution in [2.75, 3.05) is 11.5 Å². The van der Waals surface area contributed by atoms with Gasteiger partial charge in [-0.1, -0.05) is 18.2 Å². The molecule has 0 unspecified atom stereocenters. The van der Waals surface area contributed by atoms with Crippen LogP contribution in [0.15, 0.2) is 46.0 Å². The lowest BCUT2D eigenvalue weighted by molar-refractivity contribution is 1.64. The average Bonchev–Trinajstić information content (AvgIpc) is 2.37. The fourth-order valence-corrected chi connectivity index (χ4v) is 2.19. The highest BCUT2D eigenvalue weighted by molar-refractivity contribution is 6.00. The van der Waals surface area contributed by atoms with E-state index in [2.05, 4.69) is 0 Å². The monoisotopic (exact) mass is 238 g/mol. The van der Waals surface area contributed by atoms with E-state index in [1.165, 1.54) is 0 Å². The van der Waals surface area contributed by atoms with E-state index in [4.69, 9.17) is 11.5 Å². The van der Waals surface area contributed by atoms with Crippen LogP contribution >= 0.6 is 0 Å². The number of benzene rings is 2. The van der Waals surface area contributed by atoms with Gasteiger partial charge in [-0.15, -0.1) is 0 Å². The van der Waals surface area contributed by atoms with Crippen molar-refractivity contribution in [1.82, 2.24) is 0 Å². The van der Waals surface area contributed by atoms with E-state index >= 15 is 0 Å². The molecule has 0 radical (unpaired) electrons. The Hall–Kier alpha value is -2.62. The molecule has 3 rings (SSSR count). The summed E-state index contributed by atoms with van der Waals surface area (Å²) in [4.78, 5) is 24.5. The molecule has 18 heavy (non-hydrogen) atoms. The third-order valence-corrected chi connectivity index (χ3v) is 3.14. The highest BCUT2D eigenvalue weighted by Crippen LogP contribution is 2.22. The molecular formula is C14H10N2O2. The molecule has 0 aliphatic rings. The van der Waals surface area contributed by atoms with E-state index in [9.17, 15) is 9.59 Å². The van der Waals surface area contributed by atoms with Crippen molar-refractivity contribution in [2.24, 2.45) is 0 Å². The SMILES string of the molecule is Nc1ccc2c(N)c1c(=O)c1cccc(c1)c2=O. The topological polar surface area (TPSA) is 86.2 Å². The summed E-state index contributed by atoms with van der Waals surface area (Å²) in [6.45, 7) is 0. The molecule has 0 aromatic heterocycles. The first kappa shape index (κ1) is 10.5. The van der Waals surface area contributed by atoms with Gasteiger partial charge in [0.1, 0.15) is 0 Å². The number of hydrogen-bond donors (Lipinski definition) is 2. The van der Waals surface area contributed by atoms with Crippen LogP contribution in [0.5, 0.6) is 0 Å². The van der Waals surface area contributed by atoms with Gasteiger partial charge in [0.25, 0.3) is 0 Å². The van der Waals surface area contributed by atoms with E-state index in [0.717, 1.165) is 0 Å². The summed E-state index contributed by atoms with van der Waals surface area (Å²) >= 11 is 0. The average molecular weight is 238 g/mol. The molecule has 88 valence electrons. The van der Waals surface area contributed by atoms with Crippen LogP contribution in [0.3, 0.4) is 0 Å². The van der Waals surface area contributed by atoms with Crippen molar-refractivity contribution in [3.63, 3.8) is 0 Å². The lowest BCUT2D eigenvalue weighted by atomic mass is 10.0. The van der Waals surface area contributed by atoms with Crippen molar-refractivity contribution in [3.05, 3.63) is 56.8 Å². The Kier molecular flexibility index (Phi) is 2.01. The molecule has 3 aromatic carbocycles. The van der Waals surface area contributed by atoms with Crippen LogP contribution in [-0.4, -0.2) is 0 Å². The van der Waals surface area contributed by atoms with Gasteiger partial charge in [-0.2, -0.15) is 0 Å². The van der Waals surface area contributed by atoms with Crippen LogP contribution in [0.1, 0.15) is 0 Å². The zero-order valence-corrected chi connectivity index (χ0v) is 9.44. The minimum Gasteiger partial charge on any atom is -0.398 e. The van der Waals surface area contributed by atoms with Gasteiger partial charge in [-0.3, -0.25) is 9.59 Å². The maximum Gasteiger partial charge on any atom is 0.197 e. The van der Waals surface area contributed by atoms with Gasteiger partial charge in [0.15, 0.2) is 10.9 Å². The van der Waals surface area contributed by atoms with Crippen LogP contribution in [0.4, 0.5) is 11.4 Å². The molecule has 0 amide bonds. The number of nitrogen functional groups attached to an aromatic ring is 2. The highest BCUT2D eigenvalue weighted by Gasteiger charge is 2.10. The first-order chi connectivity index (χ1) is 8.59. The number of rotatable bonds is 0. The predicted molar refractivity (Wildman–Crippen MR) is 74.0 cm³/mol. The maximum atomic E-state index is 12.3. The Morgan fingerprint density at radius 1 is 0.833 bits per heavy atom. The van der Waals surface area contributed by atoms with Gasteiger partial charge in [0, 0.05) is 21.8 Å². The van der Waals surface area contributed by atoms with Crippen LogP contribution in [-0.2, 0) is 0 Å². The molecule has 4 bridgehead atoms. The minimum atomic E-state index is -0.249. The number of hydrogen-bond acceptors (Lipinski definition) is 4. The molecule has 0 saturated heterocycles. The van der Waals surface area contributed by atoms with Crippen LogP contribution in [0.2, 0.25) is 0 Å². The van der Waals surface area contributed by atoms with Gasteiger partial charge in [-0.05, 0) is 18.2 Å². The van der Waals surface area contributed by atoms with Crippen molar-refractivity contribution < 1.29 is 0 Å². The van der Waals surface area contributed by atoms with Gasteiger partial charge in [-0.25, -0.2) is 0 Å². The van der Waals surface area contributed by atoms with Crippen LogP contribution in [0, 0.1) is 0 Å². The number of fused-ring (bicyclic) bond motifs is 4. The molecule has 0 spiro atoms. The van der Waals surface area contributed by atoms with Crippen molar-refractivity contribution in [3.8, 4) is 0 Å². The molecule has 0 aliphatic carbocycles. The second kappa shape index (κ2) is 3.43. The van der Waals surface area contributed by atoms with E-state index in [1.54, 1.807) is 36.4 Å². The van der Waals surface area contributed by atoms with E-state index in [1.807, 2.05) is 0 Å². The normalized spacial score (nSPS) is 11.1. The summed E-state index contributed by atoms with van der Waals surface area (Å²) in [7, 11) is 0. The summed E-state index contributed by atoms with van der Waals surface area (Å²) in [6.07, 6.45) is 0. The molecule has 4 N–H and O–H groups in total. The first-order valence-corrected chi connectivity index (χ1v) is 5.47. The second-order valence-corrected chi connectivity index (χ2v) is 4.23. The molecule has 4 heteroatoms. The maximum absolute atomic E-state index is 12.3. The molecule has 0 aliphatic heterocycles. The lowest BCUT2D eigenvalue weighted by Crippen LogP contribution is -2.11. The molecule has 0 fully saturated rings. The summed E-state index contributed by atoms with van der Waals surface area (Å²) in [5.41, 5.74) is 11.7.